The van der Waals surface area contributed by atoms with Gasteiger partial charge in [-0.05, 0) is 43.0 Å². The maximum atomic E-state index is 14.3. The molecular formula is C20H21F2NO2. The molecule has 2 aromatic rings. The van der Waals surface area contributed by atoms with Gasteiger partial charge in [0.05, 0.1) is 18.0 Å². The van der Waals surface area contributed by atoms with E-state index in [9.17, 15) is 13.6 Å². The van der Waals surface area contributed by atoms with Gasteiger partial charge >= 0.3 is 6.09 Å². The molecular weight excluding hydrogens is 324 g/mol. The van der Waals surface area contributed by atoms with E-state index in [1.807, 2.05) is 0 Å². The number of benzene rings is 2. The van der Waals surface area contributed by atoms with Crippen LogP contribution in [0.3, 0.4) is 0 Å². The first-order chi connectivity index (χ1) is 12.2. The van der Waals surface area contributed by atoms with Crippen LogP contribution in [0.25, 0.3) is 0 Å². The van der Waals surface area contributed by atoms with Crippen LogP contribution >= 0.6 is 0 Å². The number of carbonyl (C=O) groups is 1. The molecule has 0 radical (unpaired) electrons. The standard InChI is InChI=1S/C20H21F2NO2/c21-17-12-7-13-18(19(17)22)23(16-10-5-2-6-11-16)20(24)25-14-15-8-3-1-4-9-15/h2,5-7,10-13,15H,1,3-4,8-9,14H2. The van der Waals surface area contributed by atoms with E-state index in [-0.39, 0.29) is 5.69 Å². The van der Waals surface area contributed by atoms with Crippen molar-refractivity contribution >= 4 is 17.5 Å². The molecule has 132 valence electrons. The Labute approximate surface area is 146 Å². The summed E-state index contributed by atoms with van der Waals surface area (Å²) in [6.45, 7) is 0.305. The number of rotatable bonds is 4. The zero-order valence-corrected chi connectivity index (χ0v) is 14.0. The van der Waals surface area contributed by atoms with E-state index in [1.165, 1.54) is 18.6 Å². The fourth-order valence-corrected chi connectivity index (χ4v) is 3.19. The smallest absolute Gasteiger partial charge is 0.419 e. The summed E-state index contributed by atoms with van der Waals surface area (Å²) in [4.78, 5) is 13.7. The minimum absolute atomic E-state index is 0.153. The van der Waals surface area contributed by atoms with Crippen LogP contribution in [0.1, 0.15) is 32.1 Å². The van der Waals surface area contributed by atoms with E-state index < -0.39 is 17.7 Å². The Balaban J connectivity index is 1.83. The number of carbonyl (C=O) groups excluding carboxylic acids is 1. The summed E-state index contributed by atoms with van der Waals surface area (Å²) in [6.07, 6.45) is 4.88. The van der Waals surface area contributed by atoms with Gasteiger partial charge in [-0.15, -0.1) is 0 Å². The number of amides is 1. The van der Waals surface area contributed by atoms with Crippen LogP contribution in [0.5, 0.6) is 0 Å². The third-order valence-corrected chi connectivity index (χ3v) is 4.54. The zero-order chi connectivity index (χ0) is 17.6. The van der Waals surface area contributed by atoms with Crippen molar-refractivity contribution in [1.82, 2.24) is 0 Å². The van der Waals surface area contributed by atoms with Gasteiger partial charge in [0, 0.05) is 0 Å². The lowest BCUT2D eigenvalue weighted by atomic mass is 9.90. The van der Waals surface area contributed by atoms with E-state index >= 15 is 0 Å². The maximum absolute atomic E-state index is 14.3. The molecule has 1 saturated carbocycles. The molecule has 5 heteroatoms. The average molecular weight is 345 g/mol. The molecule has 0 aliphatic heterocycles. The van der Waals surface area contributed by atoms with Crippen molar-refractivity contribution in [2.75, 3.05) is 11.5 Å². The van der Waals surface area contributed by atoms with E-state index in [0.29, 0.717) is 18.2 Å². The van der Waals surface area contributed by atoms with Gasteiger partial charge in [0.25, 0.3) is 0 Å². The summed E-state index contributed by atoms with van der Waals surface area (Å²) in [7, 11) is 0. The molecule has 0 spiro atoms. The molecule has 0 N–H and O–H groups in total. The van der Waals surface area contributed by atoms with Crippen molar-refractivity contribution < 1.29 is 18.3 Å². The molecule has 3 rings (SSSR count). The lowest BCUT2D eigenvalue weighted by Gasteiger charge is -2.26. The number of nitrogens with zero attached hydrogens (tertiary/aromatic N) is 1. The van der Waals surface area contributed by atoms with Crippen LogP contribution in [0.4, 0.5) is 25.0 Å². The molecule has 1 fully saturated rings. The van der Waals surface area contributed by atoms with Gasteiger partial charge in [-0.2, -0.15) is 0 Å². The Hall–Kier alpha value is -2.43. The quantitative estimate of drug-likeness (QED) is 0.699. The SMILES string of the molecule is O=C(OCC1CCCCC1)N(c1ccccc1)c1cccc(F)c1F. The monoisotopic (exact) mass is 345 g/mol. The molecule has 0 bridgehead atoms. The summed E-state index contributed by atoms with van der Waals surface area (Å²) in [5.41, 5.74) is 0.278. The number of hydrogen-bond donors (Lipinski definition) is 0. The predicted octanol–water partition coefficient (Wildman–Crippen LogP) is 5.82. The van der Waals surface area contributed by atoms with E-state index in [1.54, 1.807) is 30.3 Å². The number of para-hydroxylation sites is 1. The molecule has 1 aliphatic carbocycles. The number of anilines is 2. The lowest BCUT2D eigenvalue weighted by molar-refractivity contribution is 0.124. The van der Waals surface area contributed by atoms with Crippen LogP contribution in [0.15, 0.2) is 48.5 Å². The summed E-state index contributed by atoms with van der Waals surface area (Å²) < 4.78 is 33.4. The molecule has 25 heavy (non-hydrogen) atoms. The number of hydrogen-bond acceptors (Lipinski definition) is 2. The van der Waals surface area contributed by atoms with E-state index in [0.717, 1.165) is 36.6 Å². The van der Waals surface area contributed by atoms with Crippen LogP contribution in [0.2, 0.25) is 0 Å². The fourth-order valence-electron chi connectivity index (χ4n) is 3.19. The maximum Gasteiger partial charge on any atom is 0.419 e. The van der Waals surface area contributed by atoms with Crippen molar-refractivity contribution in [2.24, 2.45) is 5.92 Å². The van der Waals surface area contributed by atoms with Gasteiger partial charge in [0.15, 0.2) is 11.6 Å². The highest BCUT2D eigenvalue weighted by atomic mass is 19.2. The second-order valence-corrected chi connectivity index (χ2v) is 6.32. The number of ether oxygens (including phenoxy) is 1. The van der Waals surface area contributed by atoms with Crippen LogP contribution in [-0.4, -0.2) is 12.7 Å². The Morgan fingerprint density at radius 1 is 1.00 bits per heavy atom. The third kappa shape index (κ3) is 4.16. The summed E-state index contributed by atoms with van der Waals surface area (Å²) in [5, 5.41) is 0. The van der Waals surface area contributed by atoms with Crippen molar-refractivity contribution in [2.45, 2.75) is 32.1 Å². The van der Waals surface area contributed by atoms with E-state index in [4.69, 9.17) is 4.74 Å². The Bertz CT molecular complexity index is 715. The van der Waals surface area contributed by atoms with Gasteiger partial charge in [-0.1, -0.05) is 43.5 Å². The molecule has 0 unspecified atom stereocenters. The minimum Gasteiger partial charge on any atom is -0.449 e. The molecule has 0 aromatic heterocycles. The van der Waals surface area contributed by atoms with Gasteiger partial charge < -0.3 is 4.74 Å². The Morgan fingerprint density at radius 3 is 2.44 bits per heavy atom. The molecule has 0 saturated heterocycles. The van der Waals surface area contributed by atoms with Crippen LogP contribution in [0, 0.1) is 17.6 Å². The normalized spacial score (nSPS) is 15.0. The third-order valence-electron chi connectivity index (χ3n) is 4.54. The Kier molecular flexibility index (Phi) is 5.64. The van der Waals surface area contributed by atoms with Crippen molar-refractivity contribution in [3.8, 4) is 0 Å². The second-order valence-electron chi connectivity index (χ2n) is 6.32. The fraction of sp³-hybridized carbons (Fsp3) is 0.350. The summed E-state index contributed by atoms with van der Waals surface area (Å²) >= 11 is 0. The molecule has 1 amide bonds. The second kappa shape index (κ2) is 8.10. The van der Waals surface area contributed by atoms with Crippen molar-refractivity contribution in [3.05, 3.63) is 60.2 Å². The molecule has 0 atom stereocenters. The highest BCUT2D eigenvalue weighted by Crippen LogP contribution is 2.30. The predicted molar refractivity (Wildman–Crippen MR) is 92.9 cm³/mol. The van der Waals surface area contributed by atoms with Gasteiger partial charge in [0.2, 0.25) is 0 Å². The first-order valence-electron chi connectivity index (χ1n) is 8.63. The molecule has 1 aliphatic rings. The zero-order valence-electron chi connectivity index (χ0n) is 14.0. The summed E-state index contributed by atoms with van der Waals surface area (Å²) in [6, 6.07) is 12.3. The highest BCUT2D eigenvalue weighted by molar-refractivity contribution is 5.96. The summed E-state index contributed by atoms with van der Waals surface area (Å²) in [5.74, 6) is -1.73. The van der Waals surface area contributed by atoms with Gasteiger partial charge in [0.1, 0.15) is 0 Å². The van der Waals surface area contributed by atoms with Crippen LogP contribution in [-0.2, 0) is 4.74 Å². The highest BCUT2D eigenvalue weighted by Gasteiger charge is 2.25. The average Bonchev–Trinajstić information content (AvgIpc) is 2.65. The topological polar surface area (TPSA) is 29.5 Å². The van der Waals surface area contributed by atoms with Gasteiger partial charge in [-0.25, -0.2) is 18.5 Å². The van der Waals surface area contributed by atoms with Crippen molar-refractivity contribution in [3.63, 3.8) is 0 Å². The van der Waals surface area contributed by atoms with Crippen LogP contribution < -0.4 is 4.90 Å². The first kappa shape index (κ1) is 17.4. The minimum atomic E-state index is -1.07. The van der Waals surface area contributed by atoms with Gasteiger partial charge in [-0.3, -0.25) is 0 Å². The first-order valence-corrected chi connectivity index (χ1v) is 8.63. The number of halogens is 2. The lowest BCUT2D eigenvalue weighted by Crippen LogP contribution is -2.30. The largest absolute Gasteiger partial charge is 0.449 e. The Morgan fingerprint density at radius 2 is 1.72 bits per heavy atom. The van der Waals surface area contributed by atoms with E-state index in [2.05, 4.69) is 0 Å². The molecule has 3 nitrogen and oxygen atoms in total. The molecule has 2 aromatic carbocycles. The van der Waals surface area contributed by atoms with Crippen molar-refractivity contribution in [1.29, 1.82) is 0 Å². The molecule has 0 heterocycles.